The Labute approximate surface area is 262 Å². The smallest absolute Gasteiger partial charge is 0.335 e. The molecule has 0 amide bonds. The summed E-state index contributed by atoms with van der Waals surface area (Å²) in [6, 6.07) is 11.9. The molecule has 5 aromatic rings. The van der Waals surface area contributed by atoms with Crippen LogP contribution in [0, 0.1) is 24.0 Å². The zero-order valence-corrected chi connectivity index (χ0v) is 26.1. The van der Waals surface area contributed by atoms with Crippen LogP contribution < -0.4 is 9.47 Å². The molecule has 9 nitrogen and oxygen atoms in total. The molecule has 1 aliphatic heterocycles. The summed E-state index contributed by atoms with van der Waals surface area (Å²) < 4.78 is 49.7. The summed E-state index contributed by atoms with van der Waals surface area (Å²) in [6.45, 7) is 9.22. The van der Waals surface area contributed by atoms with Gasteiger partial charge in [-0.3, -0.25) is 0 Å². The number of imidazole rings is 1. The topological polar surface area (TPSA) is 109 Å². The molecular weight excluding hydrogens is 602 g/mol. The van der Waals surface area contributed by atoms with E-state index in [9.17, 15) is 14.3 Å². The van der Waals surface area contributed by atoms with Crippen molar-refractivity contribution in [2.75, 3.05) is 19.8 Å². The highest BCUT2D eigenvalue weighted by Gasteiger charge is 2.39. The summed E-state index contributed by atoms with van der Waals surface area (Å²) in [5, 5.41) is 18.8. The van der Waals surface area contributed by atoms with Gasteiger partial charge >= 0.3 is 5.97 Å². The molecule has 234 valence electrons. The summed E-state index contributed by atoms with van der Waals surface area (Å²) in [5.41, 5.74) is 3.20. The first-order valence-corrected chi connectivity index (χ1v) is 15.3. The van der Waals surface area contributed by atoms with Crippen molar-refractivity contribution < 1.29 is 32.9 Å². The van der Waals surface area contributed by atoms with Crippen LogP contribution in [0.2, 0.25) is 0 Å². The van der Waals surface area contributed by atoms with Gasteiger partial charge in [-0.25, -0.2) is 18.6 Å². The van der Waals surface area contributed by atoms with E-state index >= 15 is 4.39 Å². The Hall–Kier alpha value is -4.42. The predicted octanol–water partition coefficient (Wildman–Crippen LogP) is 7.01. The van der Waals surface area contributed by atoms with Gasteiger partial charge in [-0.2, -0.15) is 0 Å². The van der Waals surface area contributed by atoms with Gasteiger partial charge in [-0.15, -0.1) is 5.10 Å². The van der Waals surface area contributed by atoms with Gasteiger partial charge < -0.3 is 23.9 Å². The van der Waals surface area contributed by atoms with Crippen LogP contribution in [-0.4, -0.2) is 50.6 Å². The van der Waals surface area contributed by atoms with Crippen molar-refractivity contribution in [1.29, 1.82) is 0 Å². The molecular formula is C33H32F2N4O5S. The van der Waals surface area contributed by atoms with Crippen LogP contribution in [-0.2, 0) is 17.8 Å². The Bertz CT molecular complexity index is 1890. The third-order valence-electron chi connectivity index (χ3n) is 8.10. The Morgan fingerprint density at radius 1 is 1.13 bits per heavy atom. The van der Waals surface area contributed by atoms with Gasteiger partial charge in [0.2, 0.25) is 0 Å². The lowest BCUT2D eigenvalue weighted by Crippen LogP contribution is -2.27. The van der Waals surface area contributed by atoms with Gasteiger partial charge in [0.15, 0.2) is 5.01 Å². The highest BCUT2D eigenvalue weighted by molar-refractivity contribution is 7.13. The van der Waals surface area contributed by atoms with E-state index in [1.807, 2.05) is 18.4 Å². The molecule has 1 saturated heterocycles. The number of benzene rings is 3. The molecule has 1 aliphatic rings. The zero-order valence-electron chi connectivity index (χ0n) is 25.3. The molecule has 2 aromatic heterocycles. The van der Waals surface area contributed by atoms with Crippen LogP contribution in [0.3, 0.4) is 0 Å². The maximum Gasteiger partial charge on any atom is 0.335 e. The van der Waals surface area contributed by atoms with Gasteiger partial charge in [0.05, 0.1) is 42.5 Å². The van der Waals surface area contributed by atoms with Crippen LogP contribution in [0.5, 0.6) is 10.9 Å². The molecule has 1 atom stereocenters. The molecule has 12 heteroatoms. The molecule has 1 N–H and O–H groups in total. The first kappa shape index (κ1) is 30.6. The average Bonchev–Trinajstić information content (AvgIpc) is 3.70. The fourth-order valence-corrected chi connectivity index (χ4v) is 6.43. The van der Waals surface area contributed by atoms with Gasteiger partial charge in [0, 0.05) is 17.4 Å². The zero-order chi connectivity index (χ0) is 31.9. The van der Waals surface area contributed by atoms with Crippen molar-refractivity contribution in [3.05, 3.63) is 87.7 Å². The number of aromatic nitrogens is 4. The molecule has 1 unspecified atom stereocenters. The van der Waals surface area contributed by atoms with E-state index in [4.69, 9.17) is 19.2 Å². The van der Waals surface area contributed by atoms with Crippen LogP contribution >= 0.6 is 11.3 Å². The minimum atomic E-state index is -1.05. The van der Waals surface area contributed by atoms with Gasteiger partial charge in [-0.1, -0.05) is 42.4 Å². The molecule has 0 spiro atoms. The van der Waals surface area contributed by atoms with Crippen molar-refractivity contribution in [3.63, 3.8) is 0 Å². The van der Waals surface area contributed by atoms with Crippen molar-refractivity contribution in [3.8, 4) is 22.1 Å². The van der Waals surface area contributed by atoms with E-state index in [0.717, 1.165) is 0 Å². The highest BCUT2D eigenvalue weighted by Crippen LogP contribution is 2.42. The first-order valence-electron chi connectivity index (χ1n) is 14.5. The van der Waals surface area contributed by atoms with Crippen LogP contribution in [0.25, 0.3) is 22.2 Å². The molecule has 0 aliphatic carbocycles. The van der Waals surface area contributed by atoms with E-state index in [1.54, 1.807) is 24.3 Å². The molecule has 45 heavy (non-hydrogen) atoms. The van der Waals surface area contributed by atoms with E-state index in [-0.39, 0.29) is 35.6 Å². The molecule has 3 aromatic carbocycles. The molecule has 6 rings (SSSR count). The van der Waals surface area contributed by atoms with E-state index in [1.165, 1.54) is 35.6 Å². The summed E-state index contributed by atoms with van der Waals surface area (Å²) in [7, 11) is 0. The van der Waals surface area contributed by atoms with Crippen molar-refractivity contribution in [2.24, 2.45) is 5.41 Å². The minimum absolute atomic E-state index is 0.0206. The summed E-state index contributed by atoms with van der Waals surface area (Å²) in [5.74, 6) is -1.10. The monoisotopic (exact) mass is 634 g/mol. The number of fused-ring (bicyclic) bond motifs is 1. The second kappa shape index (κ2) is 12.2. The average molecular weight is 635 g/mol. The Morgan fingerprint density at radius 2 is 1.91 bits per heavy atom. The second-order valence-electron chi connectivity index (χ2n) is 11.6. The van der Waals surface area contributed by atoms with E-state index in [2.05, 4.69) is 24.0 Å². The lowest BCUT2D eigenvalue weighted by molar-refractivity contribution is 0.0697. The fraction of sp³-hybridized carbons (Fsp3) is 0.333. The largest absolute Gasteiger partial charge is 0.486 e. The van der Waals surface area contributed by atoms with Crippen LogP contribution in [0.1, 0.15) is 59.1 Å². The molecule has 3 heterocycles. The lowest BCUT2D eigenvalue weighted by Gasteiger charge is -2.28. The van der Waals surface area contributed by atoms with Crippen molar-refractivity contribution in [2.45, 2.75) is 46.8 Å². The number of aromatic carboxylic acids is 1. The third kappa shape index (κ3) is 5.99. The molecule has 0 bridgehead atoms. The van der Waals surface area contributed by atoms with Crippen LogP contribution in [0.15, 0.2) is 48.5 Å². The Kier molecular flexibility index (Phi) is 8.27. The number of carbonyl (C=O) groups is 1. The minimum Gasteiger partial charge on any atom is -0.486 e. The molecule has 1 fully saturated rings. The Morgan fingerprint density at radius 3 is 2.60 bits per heavy atom. The second-order valence-corrected chi connectivity index (χ2v) is 12.7. The fourth-order valence-electron chi connectivity index (χ4n) is 5.77. The number of carboxylic acid groups (broad SMARTS) is 1. The van der Waals surface area contributed by atoms with Crippen molar-refractivity contribution in [1.82, 2.24) is 19.7 Å². The standard InChI is InChI=1S/C33H32F2N4O5S/c1-5-43-32-38-37-29(45-32)16-44-30-18(2)22(19-6-9-21(34)10-7-19)13-24(35)23(30)14-28-36-25-11-8-20(31(40)41)12-26(25)39(28)27-15-42-17-33(27,3)4/h6-13,27H,5,14-17H2,1-4H3,(H,40,41). The lowest BCUT2D eigenvalue weighted by atomic mass is 9.87. The number of hydrogen-bond acceptors (Lipinski definition) is 8. The van der Waals surface area contributed by atoms with E-state index in [0.29, 0.717) is 69.3 Å². The third-order valence-corrected chi connectivity index (χ3v) is 8.91. The predicted molar refractivity (Wildman–Crippen MR) is 165 cm³/mol. The Balaban J connectivity index is 1.48. The number of rotatable bonds is 10. The maximum atomic E-state index is 16.3. The van der Waals surface area contributed by atoms with Gasteiger partial charge in [0.1, 0.15) is 29.8 Å². The van der Waals surface area contributed by atoms with Crippen molar-refractivity contribution >= 4 is 28.3 Å². The summed E-state index contributed by atoms with van der Waals surface area (Å²) in [4.78, 5) is 16.7. The first-order chi connectivity index (χ1) is 21.6. The molecule has 0 radical (unpaired) electrons. The van der Waals surface area contributed by atoms with Crippen LogP contribution in [0.4, 0.5) is 8.78 Å². The normalized spacial score (nSPS) is 15.9. The van der Waals surface area contributed by atoms with Gasteiger partial charge in [-0.05, 0) is 66.9 Å². The number of nitrogens with zero attached hydrogens (tertiary/aromatic N) is 4. The quantitative estimate of drug-likeness (QED) is 0.175. The summed E-state index contributed by atoms with van der Waals surface area (Å²) >= 11 is 1.24. The highest BCUT2D eigenvalue weighted by atomic mass is 32.1. The number of carboxylic acids is 1. The summed E-state index contributed by atoms with van der Waals surface area (Å²) in [6.07, 6.45) is 0.0513. The van der Waals surface area contributed by atoms with E-state index < -0.39 is 17.6 Å². The van der Waals surface area contributed by atoms with Gasteiger partial charge in [0.25, 0.3) is 5.19 Å². The number of ether oxygens (including phenoxy) is 3. The number of halogens is 2. The SMILES string of the molecule is CCOc1nnc(COc2c(C)c(-c3ccc(F)cc3)cc(F)c2Cc2nc3ccc(C(=O)O)cc3n2C2COCC2(C)C)s1. The number of hydrogen-bond donors (Lipinski definition) is 1. The molecule has 0 saturated carbocycles. The maximum absolute atomic E-state index is 16.3.